The third-order valence-corrected chi connectivity index (χ3v) is 3.04. The smallest absolute Gasteiger partial charge is 0.408 e. The average Bonchev–Trinajstić information content (AvgIpc) is 2.26. The summed E-state index contributed by atoms with van der Waals surface area (Å²) in [4.78, 5) is 12.8. The molecule has 100 valence electrons. The first-order valence-corrected chi connectivity index (χ1v) is 6.08. The fourth-order valence-electron chi connectivity index (χ4n) is 2.19. The molecule has 4 heteroatoms. The van der Waals surface area contributed by atoms with Gasteiger partial charge in [-0.2, -0.15) is 0 Å². The van der Waals surface area contributed by atoms with Gasteiger partial charge in [0.05, 0.1) is 12.1 Å². The van der Waals surface area contributed by atoms with Crippen LogP contribution < -0.4 is 5.73 Å². The molecule has 0 heterocycles. The summed E-state index contributed by atoms with van der Waals surface area (Å²) in [5, 5.41) is 9.35. The Kier molecular flexibility index (Phi) is 4.35. The van der Waals surface area contributed by atoms with Crippen LogP contribution in [0.3, 0.4) is 0 Å². The quantitative estimate of drug-likeness (QED) is 0.866. The highest BCUT2D eigenvalue weighted by molar-refractivity contribution is 5.66. The summed E-state index contributed by atoms with van der Waals surface area (Å²) in [5.41, 5.74) is 6.64. The number of nitrogens with zero attached hydrogens (tertiary/aromatic N) is 1. The molecule has 0 bridgehead atoms. The van der Waals surface area contributed by atoms with E-state index in [9.17, 15) is 9.90 Å². The van der Waals surface area contributed by atoms with E-state index in [-0.39, 0.29) is 12.1 Å². The number of carbonyl (C=O) groups is 1. The van der Waals surface area contributed by atoms with Crippen LogP contribution in [0.2, 0.25) is 0 Å². The molecule has 4 nitrogen and oxygen atoms in total. The van der Waals surface area contributed by atoms with Crippen LogP contribution in [-0.4, -0.2) is 27.7 Å². The number of hydrogen-bond acceptors (Lipinski definition) is 2. The molecule has 0 spiro atoms. The fourth-order valence-corrected chi connectivity index (χ4v) is 2.19. The van der Waals surface area contributed by atoms with Crippen LogP contribution in [-0.2, 0) is 0 Å². The Hall–Kier alpha value is -1.55. The number of carboxylic acid groups (broad SMARTS) is 1. The predicted molar refractivity (Wildman–Crippen MR) is 72.4 cm³/mol. The highest BCUT2D eigenvalue weighted by Gasteiger charge is 2.34. The van der Waals surface area contributed by atoms with Gasteiger partial charge in [-0.1, -0.05) is 30.3 Å². The second-order valence-corrected chi connectivity index (χ2v) is 5.50. The minimum Gasteiger partial charge on any atom is -0.465 e. The molecule has 1 aromatic carbocycles. The summed E-state index contributed by atoms with van der Waals surface area (Å²) in [6, 6.07) is 8.95. The third-order valence-electron chi connectivity index (χ3n) is 3.04. The zero-order valence-corrected chi connectivity index (χ0v) is 11.4. The van der Waals surface area contributed by atoms with Gasteiger partial charge in [-0.05, 0) is 33.3 Å². The molecule has 0 fully saturated rings. The van der Waals surface area contributed by atoms with Crippen molar-refractivity contribution in [1.82, 2.24) is 4.90 Å². The van der Waals surface area contributed by atoms with Crippen molar-refractivity contribution in [3.63, 3.8) is 0 Å². The SMILES string of the molecule is C[C@@H](C(N)c1ccccc1)N(C(=O)O)C(C)(C)C. The van der Waals surface area contributed by atoms with Gasteiger partial charge in [0.1, 0.15) is 0 Å². The molecule has 0 saturated carbocycles. The van der Waals surface area contributed by atoms with Crippen LogP contribution in [0, 0.1) is 0 Å². The van der Waals surface area contributed by atoms with Gasteiger partial charge in [0.25, 0.3) is 0 Å². The lowest BCUT2D eigenvalue weighted by atomic mass is 9.96. The maximum Gasteiger partial charge on any atom is 0.408 e. The molecule has 1 amide bonds. The highest BCUT2D eigenvalue weighted by atomic mass is 16.4. The first-order chi connectivity index (χ1) is 8.25. The molecule has 1 rings (SSSR count). The van der Waals surface area contributed by atoms with Crippen molar-refractivity contribution in [3.8, 4) is 0 Å². The van der Waals surface area contributed by atoms with E-state index < -0.39 is 11.6 Å². The second-order valence-electron chi connectivity index (χ2n) is 5.50. The molecule has 2 atom stereocenters. The summed E-state index contributed by atoms with van der Waals surface area (Å²) in [5.74, 6) is 0. The fraction of sp³-hybridized carbons (Fsp3) is 0.500. The third kappa shape index (κ3) is 3.23. The minimum atomic E-state index is -0.943. The molecule has 18 heavy (non-hydrogen) atoms. The van der Waals surface area contributed by atoms with Crippen LogP contribution in [0.4, 0.5) is 4.79 Å². The monoisotopic (exact) mass is 250 g/mol. The molecule has 3 N–H and O–H groups in total. The van der Waals surface area contributed by atoms with Gasteiger partial charge in [-0.3, -0.25) is 4.90 Å². The molecule has 0 saturated heterocycles. The Morgan fingerprint density at radius 3 is 2.17 bits per heavy atom. The molecular formula is C14H22N2O2. The van der Waals surface area contributed by atoms with Gasteiger partial charge in [0.2, 0.25) is 0 Å². The van der Waals surface area contributed by atoms with Crippen LogP contribution >= 0.6 is 0 Å². The Balaban J connectivity index is 2.98. The van der Waals surface area contributed by atoms with E-state index >= 15 is 0 Å². The zero-order valence-electron chi connectivity index (χ0n) is 11.4. The Bertz CT molecular complexity index is 398. The number of hydrogen-bond donors (Lipinski definition) is 2. The molecule has 1 unspecified atom stereocenters. The van der Waals surface area contributed by atoms with Crippen LogP contribution in [0.1, 0.15) is 39.3 Å². The number of nitrogens with two attached hydrogens (primary N) is 1. The van der Waals surface area contributed by atoms with Gasteiger partial charge < -0.3 is 10.8 Å². The minimum absolute atomic E-state index is 0.287. The van der Waals surface area contributed by atoms with Crippen LogP contribution in [0.5, 0.6) is 0 Å². The van der Waals surface area contributed by atoms with Crippen molar-refractivity contribution < 1.29 is 9.90 Å². The van der Waals surface area contributed by atoms with Crippen molar-refractivity contribution in [2.75, 3.05) is 0 Å². The molecule has 0 aromatic heterocycles. The first-order valence-electron chi connectivity index (χ1n) is 6.08. The van der Waals surface area contributed by atoms with Gasteiger partial charge in [-0.15, -0.1) is 0 Å². The molecule has 0 radical (unpaired) electrons. The first kappa shape index (κ1) is 14.5. The summed E-state index contributed by atoms with van der Waals surface area (Å²) < 4.78 is 0. The van der Waals surface area contributed by atoms with Crippen molar-refractivity contribution in [2.24, 2.45) is 5.73 Å². The van der Waals surface area contributed by atoms with E-state index in [1.54, 1.807) is 0 Å². The normalized spacial score (nSPS) is 14.9. The zero-order chi connectivity index (χ0) is 13.9. The number of amides is 1. The largest absolute Gasteiger partial charge is 0.465 e. The van der Waals surface area contributed by atoms with Crippen molar-refractivity contribution >= 4 is 6.09 Å². The van der Waals surface area contributed by atoms with E-state index in [4.69, 9.17) is 5.73 Å². The van der Waals surface area contributed by atoms with Crippen LogP contribution in [0.25, 0.3) is 0 Å². The second kappa shape index (κ2) is 5.40. The highest BCUT2D eigenvalue weighted by Crippen LogP contribution is 2.25. The number of benzene rings is 1. The van der Waals surface area contributed by atoms with Crippen molar-refractivity contribution in [1.29, 1.82) is 0 Å². The Morgan fingerprint density at radius 1 is 1.28 bits per heavy atom. The predicted octanol–water partition coefficient (Wildman–Crippen LogP) is 2.85. The topological polar surface area (TPSA) is 66.6 Å². The van der Waals surface area contributed by atoms with Crippen molar-refractivity contribution in [2.45, 2.75) is 45.3 Å². The molecule has 0 aliphatic carbocycles. The van der Waals surface area contributed by atoms with Gasteiger partial charge in [0.15, 0.2) is 0 Å². The Morgan fingerprint density at radius 2 is 1.78 bits per heavy atom. The summed E-state index contributed by atoms with van der Waals surface area (Å²) >= 11 is 0. The van der Waals surface area contributed by atoms with E-state index in [1.165, 1.54) is 4.90 Å². The van der Waals surface area contributed by atoms with Crippen molar-refractivity contribution in [3.05, 3.63) is 35.9 Å². The summed E-state index contributed by atoms with van der Waals surface area (Å²) in [6.07, 6.45) is -0.943. The lowest BCUT2D eigenvalue weighted by molar-refractivity contribution is 0.0671. The van der Waals surface area contributed by atoms with E-state index in [0.29, 0.717) is 0 Å². The molecule has 0 aliphatic heterocycles. The van der Waals surface area contributed by atoms with Gasteiger partial charge >= 0.3 is 6.09 Å². The Labute approximate surface area is 108 Å². The summed E-state index contributed by atoms with van der Waals surface area (Å²) in [6.45, 7) is 7.46. The van der Waals surface area contributed by atoms with E-state index in [0.717, 1.165) is 5.56 Å². The average molecular weight is 250 g/mol. The van der Waals surface area contributed by atoms with Crippen LogP contribution in [0.15, 0.2) is 30.3 Å². The standard InChI is InChI=1S/C14H22N2O2/c1-10(16(13(17)18)14(2,3)4)12(15)11-8-6-5-7-9-11/h5-10,12H,15H2,1-4H3,(H,17,18)/t10-,12?/m0/s1. The molecule has 0 aliphatic rings. The van der Waals surface area contributed by atoms with E-state index in [1.807, 2.05) is 58.0 Å². The molecule has 1 aromatic rings. The lowest BCUT2D eigenvalue weighted by Gasteiger charge is -2.40. The lowest BCUT2D eigenvalue weighted by Crippen LogP contribution is -2.53. The van der Waals surface area contributed by atoms with Gasteiger partial charge in [0, 0.05) is 5.54 Å². The maximum atomic E-state index is 11.4. The van der Waals surface area contributed by atoms with Gasteiger partial charge in [-0.25, -0.2) is 4.79 Å². The van der Waals surface area contributed by atoms with E-state index in [2.05, 4.69) is 0 Å². The molecular weight excluding hydrogens is 228 g/mol. The summed E-state index contributed by atoms with van der Waals surface area (Å²) in [7, 11) is 0. The number of rotatable bonds is 3. The maximum absolute atomic E-state index is 11.4.